The maximum absolute atomic E-state index is 12.9. The van der Waals surface area contributed by atoms with Crippen LogP contribution in [0.1, 0.15) is 23.4 Å². The lowest BCUT2D eigenvalue weighted by molar-refractivity contribution is 0.0895. The normalized spacial score (nSPS) is 16.7. The maximum Gasteiger partial charge on any atom is 0.295 e. The molecule has 0 bridgehead atoms. The van der Waals surface area contributed by atoms with E-state index in [1.807, 2.05) is 29.6 Å². The van der Waals surface area contributed by atoms with Gasteiger partial charge < -0.3 is 9.15 Å². The lowest BCUT2D eigenvalue weighted by Gasteiger charge is -2.22. The average Bonchev–Trinajstić information content (AvgIpc) is 3.42. The largest absolute Gasteiger partial charge is 0.459 e. The van der Waals surface area contributed by atoms with Crippen molar-refractivity contribution in [3.05, 3.63) is 58.8 Å². The Kier molecular flexibility index (Phi) is 5.06. The molecular formula is C19H17ClN2O3S. The number of nitrogens with zero attached hydrogens (tertiary/aromatic N) is 2. The average molecular weight is 389 g/mol. The zero-order chi connectivity index (χ0) is 17.9. The number of aromatic nitrogens is 1. The molecule has 3 heterocycles. The zero-order valence-electron chi connectivity index (χ0n) is 13.9. The monoisotopic (exact) mass is 388 g/mol. The Labute approximate surface area is 160 Å². The van der Waals surface area contributed by atoms with E-state index in [4.69, 9.17) is 20.8 Å². The van der Waals surface area contributed by atoms with Crippen LogP contribution in [0.2, 0.25) is 5.02 Å². The Morgan fingerprint density at radius 1 is 1.31 bits per heavy atom. The van der Waals surface area contributed by atoms with Crippen molar-refractivity contribution in [2.24, 2.45) is 0 Å². The lowest BCUT2D eigenvalue weighted by Crippen LogP contribution is -2.37. The number of carbonyl (C=O) groups is 1. The SMILES string of the molecule is O=C(c1ccco1)N(C[C@H]1CCCO1)c1nc(-c2ccc(Cl)cc2)cs1. The highest BCUT2D eigenvalue weighted by Crippen LogP contribution is 2.30. The molecule has 1 atom stereocenters. The summed E-state index contributed by atoms with van der Waals surface area (Å²) in [5.41, 5.74) is 1.77. The van der Waals surface area contributed by atoms with E-state index in [0.717, 1.165) is 30.7 Å². The number of hydrogen-bond acceptors (Lipinski definition) is 5. The Morgan fingerprint density at radius 2 is 2.15 bits per heavy atom. The fourth-order valence-electron chi connectivity index (χ4n) is 2.91. The van der Waals surface area contributed by atoms with E-state index in [1.54, 1.807) is 17.0 Å². The fourth-order valence-corrected chi connectivity index (χ4v) is 3.88. The van der Waals surface area contributed by atoms with Gasteiger partial charge in [0.25, 0.3) is 5.91 Å². The van der Waals surface area contributed by atoms with Gasteiger partial charge in [-0.15, -0.1) is 11.3 Å². The molecule has 134 valence electrons. The minimum atomic E-state index is -0.206. The first kappa shape index (κ1) is 17.3. The van der Waals surface area contributed by atoms with Gasteiger partial charge in [-0.3, -0.25) is 9.69 Å². The summed E-state index contributed by atoms with van der Waals surface area (Å²) < 4.78 is 11.0. The topological polar surface area (TPSA) is 55.6 Å². The molecule has 0 unspecified atom stereocenters. The van der Waals surface area contributed by atoms with Crippen molar-refractivity contribution < 1.29 is 13.9 Å². The van der Waals surface area contributed by atoms with Crippen molar-refractivity contribution in [3.63, 3.8) is 0 Å². The summed E-state index contributed by atoms with van der Waals surface area (Å²) >= 11 is 7.38. The van der Waals surface area contributed by atoms with Crippen LogP contribution in [0.15, 0.2) is 52.5 Å². The number of benzene rings is 1. The first-order chi connectivity index (χ1) is 12.7. The van der Waals surface area contributed by atoms with E-state index in [0.29, 0.717) is 22.5 Å². The molecular weight excluding hydrogens is 372 g/mol. The van der Waals surface area contributed by atoms with E-state index in [9.17, 15) is 4.79 Å². The van der Waals surface area contributed by atoms with E-state index in [1.165, 1.54) is 17.6 Å². The van der Waals surface area contributed by atoms with Gasteiger partial charge in [-0.25, -0.2) is 4.98 Å². The van der Waals surface area contributed by atoms with Crippen LogP contribution in [0.3, 0.4) is 0 Å². The van der Waals surface area contributed by atoms with Crippen LogP contribution in [0.25, 0.3) is 11.3 Å². The minimum Gasteiger partial charge on any atom is -0.459 e. The number of carbonyl (C=O) groups excluding carboxylic acids is 1. The van der Waals surface area contributed by atoms with E-state index >= 15 is 0 Å². The van der Waals surface area contributed by atoms with Gasteiger partial charge in [0.05, 0.1) is 24.6 Å². The van der Waals surface area contributed by atoms with Crippen LogP contribution in [-0.2, 0) is 4.74 Å². The molecule has 5 nitrogen and oxygen atoms in total. The standard InChI is InChI=1S/C19H17ClN2O3S/c20-14-7-5-13(6-8-14)16-12-26-19(21-16)22(11-15-3-1-9-24-15)18(23)17-4-2-10-25-17/h2,4-8,10,12,15H,1,3,9,11H2/t15-/m1/s1. The van der Waals surface area contributed by atoms with Gasteiger partial charge in [0.15, 0.2) is 10.9 Å². The molecule has 1 aliphatic heterocycles. The van der Waals surface area contributed by atoms with Crippen LogP contribution < -0.4 is 4.90 Å². The number of thiazole rings is 1. The van der Waals surface area contributed by atoms with E-state index < -0.39 is 0 Å². The first-order valence-electron chi connectivity index (χ1n) is 8.39. The summed E-state index contributed by atoms with van der Waals surface area (Å²) in [7, 11) is 0. The van der Waals surface area contributed by atoms with Crippen molar-refractivity contribution in [1.29, 1.82) is 0 Å². The number of hydrogen-bond donors (Lipinski definition) is 0. The van der Waals surface area contributed by atoms with Crippen molar-refractivity contribution in [1.82, 2.24) is 4.98 Å². The fraction of sp³-hybridized carbons (Fsp3) is 0.263. The number of furan rings is 1. The van der Waals surface area contributed by atoms with E-state index in [-0.39, 0.29) is 12.0 Å². The highest BCUT2D eigenvalue weighted by molar-refractivity contribution is 7.14. The van der Waals surface area contributed by atoms with Gasteiger partial charge in [-0.2, -0.15) is 0 Å². The second kappa shape index (κ2) is 7.61. The zero-order valence-corrected chi connectivity index (χ0v) is 15.5. The molecule has 1 fully saturated rings. The third-order valence-corrected chi connectivity index (χ3v) is 5.37. The molecule has 7 heteroatoms. The first-order valence-corrected chi connectivity index (χ1v) is 9.65. The summed E-state index contributed by atoms with van der Waals surface area (Å²) in [5, 5.41) is 3.25. The van der Waals surface area contributed by atoms with Crippen molar-refractivity contribution in [3.8, 4) is 11.3 Å². The van der Waals surface area contributed by atoms with Gasteiger partial charge in [-0.1, -0.05) is 23.7 Å². The van der Waals surface area contributed by atoms with Gasteiger partial charge >= 0.3 is 0 Å². The van der Waals surface area contributed by atoms with Crippen LogP contribution in [-0.4, -0.2) is 30.1 Å². The van der Waals surface area contributed by atoms with Crippen molar-refractivity contribution in [2.45, 2.75) is 18.9 Å². The number of halogens is 1. The van der Waals surface area contributed by atoms with Gasteiger partial charge in [-0.05, 0) is 37.1 Å². The predicted molar refractivity (Wildman–Crippen MR) is 102 cm³/mol. The Morgan fingerprint density at radius 3 is 2.85 bits per heavy atom. The molecule has 1 aliphatic rings. The van der Waals surface area contributed by atoms with Crippen molar-refractivity contribution in [2.75, 3.05) is 18.1 Å². The third-order valence-electron chi connectivity index (χ3n) is 4.25. The molecule has 1 saturated heterocycles. The van der Waals surface area contributed by atoms with Crippen LogP contribution in [0.4, 0.5) is 5.13 Å². The summed E-state index contributed by atoms with van der Waals surface area (Å²) in [4.78, 5) is 19.2. The second-order valence-electron chi connectivity index (χ2n) is 6.05. The Hall–Kier alpha value is -2.15. The third kappa shape index (κ3) is 3.67. The molecule has 1 aromatic carbocycles. The summed E-state index contributed by atoms with van der Waals surface area (Å²) in [6.07, 6.45) is 3.48. The quantitative estimate of drug-likeness (QED) is 0.624. The summed E-state index contributed by atoms with van der Waals surface area (Å²) in [6.45, 7) is 1.20. The van der Waals surface area contributed by atoms with E-state index in [2.05, 4.69) is 4.98 Å². The van der Waals surface area contributed by atoms with Gasteiger partial charge in [0.2, 0.25) is 0 Å². The molecule has 26 heavy (non-hydrogen) atoms. The Balaban J connectivity index is 1.62. The molecule has 3 aromatic rings. The lowest BCUT2D eigenvalue weighted by atomic mass is 10.2. The minimum absolute atomic E-state index is 0.0248. The molecule has 0 spiro atoms. The number of rotatable bonds is 5. The predicted octanol–water partition coefficient (Wildman–Crippen LogP) is 4.88. The number of amides is 1. The van der Waals surface area contributed by atoms with Crippen LogP contribution in [0.5, 0.6) is 0 Å². The molecule has 0 radical (unpaired) electrons. The van der Waals surface area contributed by atoms with Crippen molar-refractivity contribution >= 4 is 34.0 Å². The Bertz CT molecular complexity index is 871. The highest BCUT2D eigenvalue weighted by Gasteiger charge is 2.28. The second-order valence-corrected chi connectivity index (χ2v) is 7.32. The molecule has 1 amide bonds. The van der Waals surface area contributed by atoms with Gasteiger partial charge in [0, 0.05) is 22.6 Å². The molecule has 0 N–H and O–H groups in total. The van der Waals surface area contributed by atoms with Crippen LogP contribution in [0, 0.1) is 0 Å². The smallest absolute Gasteiger partial charge is 0.295 e. The maximum atomic E-state index is 12.9. The summed E-state index contributed by atoms with van der Waals surface area (Å²) in [5.74, 6) is 0.0914. The summed E-state index contributed by atoms with van der Waals surface area (Å²) in [6, 6.07) is 10.9. The molecule has 2 aromatic heterocycles. The molecule has 4 rings (SSSR count). The molecule has 0 saturated carbocycles. The number of anilines is 1. The highest BCUT2D eigenvalue weighted by atomic mass is 35.5. The van der Waals surface area contributed by atoms with Gasteiger partial charge in [0.1, 0.15) is 0 Å². The molecule has 0 aliphatic carbocycles. The van der Waals surface area contributed by atoms with Crippen LogP contribution >= 0.6 is 22.9 Å². The number of ether oxygens (including phenoxy) is 1.